The van der Waals surface area contributed by atoms with E-state index in [9.17, 15) is 4.79 Å². The molecule has 52 valence electrons. The van der Waals surface area contributed by atoms with E-state index in [4.69, 9.17) is 0 Å². The molecule has 1 aromatic rings. The number of aldehydes is 1. The molecular weight excluding hydrogens is 128 g/mol. The van der Waals surface area contributed by atoms with Crippen molar-refractivity contribution in [3.05, 3.63) is 30.6 Å². The summed E-state index contributed by atoms with van der Waals surface area (Å²) >= 11 is 0. The molecule has 0 saturated heterocycles. The second-order valence-corrected chi connectivity index (χ2v) is 1.87. The summed E-state index contributed by atoms with van der Waals surface area (Å²) in [6.07, 6.45) is 4.19. The van der Waals surface area contributed by atoms with E-state index < -0.39 is 0 Å². The maximum atomic E-state index is 10.1. The molecule has 0 bridgehead atoms. The van der Waals surface area contributed by atoms with Crippen LogP contribution in [0.3, 0.4) is 0 Å². The van der Waals surface area contributed by atoms with Crippen molar-refractivity contribution in [1.29, 1.82) is 0 Å². The molecule has 0 aliphatic rings. The lowest BCUT2D eigenvalue weighted by molar-refractivity contribution is 0.111. The molecular formula is C7H8N2O. The molecule has 3 nitrogen and oxygen atoms in total. The normalized spacial score (nSPS) is 9.20. The lowest BCUT2D eigenvalue weighted by Gasteiger charge is -1.90. The van der Waals surface area contributed by atoms with Crippen LogP contribution in [-0.2, 0) is 6.54 Å². The molecule has 1 rings (SSSR count). The highest BCUT2D eigenvalue weighted by molar-refractivity contribution is 5.71. The van der Waals surface area contributed by atoms with Gasteiger partial charge in [-0.3, -0.25) is 9.48 Å². The van der Waals surface area contributed by atoms with E-state index in [1.165, 1.54) is 0 Å². The number of nitrogens with zero attached hydrogens (tertiary/aromatic N) is 2. The van der Waals surface area contributed by atoms with Gasteiger partial charge in [-0.25, -0.2) is 0 Å². The van der Waals surface area contributed by atoms with Crippen LogP contribution in [0.2, 0.25) is 0 Å². The van der Waals surface area contributed by atoms with E-state index in [2.05, 4.69) is 11.7 Å². The van der Waals surface area contributed by atoms with Gasteiger partial charge in [0.25, 0.3) is 0 Å². The quantitative estimate of drug-likeness (QED) is 0.456. The van der Waals surface area contributed by atoms with Crippen LogP contribution in [0, 0.1) is 0 Å². The molecule has 0 N–H and O–H groups in total. The number of hydrogen-bond acceptors (Lipinski definition) is 2. The maximum absolute atomic E-state index is 10.1. The number of allylic oxidation sites excluding steroid dienone is 1. The fraction of sp³-hybridized carbons (Fsp3) is 0.143. The first kappa shape index (κ1) is 6.74. The number of hydrogen-bond donors (Lipinski definition) is 0. The second kappa shape index (κ2) is 2.96. The lowest BCUT2D eigenvalue weighted by Crippen LogP contribution is -1.95. The second-order valence-electron chi connectivity index (χ2n) is 1.87. The van der Waals surface area contributed by atoms with Crippen LogP contribution in [0.5, 0.6) is 0 Å². The molecule has 0 amide bonds. The van der Waals surface area contributed by atoms with Crippen molar-refractivity contribution in [3.8, 4) is 0 Å². The molecule has 0 fully saturated rings. The number of rotatable bonds is 3. The van der Waals surface area contributed by atoms with Crippen molar-refractivity contribution < 1.29 is 4.79 Å². The zero-order valence-corrected chi connectivity index (χ0v) is 5.53. The van der Waals surface area contributed by atoms with E-state index in [0.717, 1.165) is 6.29 Å². The summed E-state index contributed by atoms with van der Waals surface area (Å²) in [4.78, 5) is 10.1. The van der Waals surface area contributed by atoms with Gasteiger partial charge in [0.1, 0.15) is 5.69 Å². The van der Waals surface area contributed by atoms with Gasteiger partial charge >= 0.3 is 0 Å². The van der Waals surface area contributed by atoms with E-state index in [0.29, 0.717) is 12.2 Å². The molecule has 3 heteroatoms. The zero-order valence-electron chi connectivity index (χ0n) is 5.53. The highest BCUT2D eigenvalue weighted by atomic mass is 16.1. The van der Waals surface area contributed by atoms with Gasteiger partial charge in [0.15, 0.2) is 6.29 Å². The highest BCUT2D eigenvalue weighted by Crippen LogP contribution is 1.90. The van der Waals surface area contributed by atoms with Gasteiger partial charge in [-0.05, 0) is 6.07 Å². The van der Waals surface area contributed by atoms with Crippen LogP contribution >= 0.6 is 0 Å². The summed E-state index contributed by atoms with van der Waals surface area (Å²) < 4.78 is 1.65. The Hall–Kier alpha value is -1.38. The average molecular weight is 136 g/mol. The van der Waals surface area contributed by atoms with Crippen LogP contribution in [-0.4, -0.2) is 16.1 Å². The number of carbonyl (C=O) groups is 1. The molecule has 0 atom stereocenters. The van der Waals surface area contributed by atoms with Crippen LogP contribution in [0.4, 0.5) is 0 Å². The Bertz CT molecular complexity index is 240. The van der Waals surface area contributed by atoms with Crippen molar-refractivity contribution in [2.75, 3.05) is 0 Å². The third-order valence-electron chi connectivity index (χ3n) is 1.10. The summed E-state index contributed by atoms with van der Waals surface area (Å²) in [6.45, 7) is 4.19. The molecule has 0 spiro atoms. The molecule has 0 saturated carbocycles. The van der Waals surface area contributed by atoms with Gasteiger partial charge in [0.05, 0.1) is 6.54 Å². The molecule has 0 aliphatic heterocycles. The van der Waals surface area contributed by atoms with E-state index in [-0.39, 0.29) is 0 Å². The first-order valence-corrected chi connectivity index (χ1v) is 2.96. The van der Waals surface area contributed by atoms with E-state index >= 15 is 0 Å². The van der Waals surface area contributed by atoms with Gasteiger partial charge < -0.3 is 0 Å². The summed E-state index contributed by atoms with van der Waals surface area (Å²) in [5.74, 6) is 0. The van der Waals surface area contributed by atoms with Crippen molar-refractivity contribution in [1.82, 2.24) is 9.78 Å². The van der Waals surface area contributed by atoms with Gasteiger partial charge in [-0.1, -0.05) is 6.08 Å². The summed E-state index contributed by atoms with van der Waals surface area (Å²) in [5, 5.41) is 3.90. The van der Waals surface area contributed by atoms with Crippen molar-refractivity contribution in [2.45, 2.75) is 6.54 Å². The minimum Gasteiger partial charge on any atom is -0.296 e. The van der Waals surface area contributed by atoms with Gasteiger partial charge in [0, 0.05) is 6.20 Å². The molecule has 1 heterocycles. The Kier molecular flexibility index (Phi) is 1.99. The Balaban J connectivity index is 2.77. The van der Waals surface area contributed by atoms with Crippen LogP contribution in [0.15, 0.2) is 24.9 Å². The Morgan fingerprint density at radius 2 is 2.60 bits per heavy atom. The predicted octanol–water partition coefficient (Wildman–Crippen LogP) is 0.882. The first-order chi connectivity index (χ1) is 4.86. The SMILES string of the molecule is C=CCn1ccc(C=O)n1. The number of aromatic nitrogens is 2. The van der Waals surface area contributed by atoms with Gasteiger partial charge in [-0.2, -0.15) is 5.10 Å². The summed E-state index contributed by atoms with van der Waals surface area (Å²) in [7, 11) is 0. The van der Waals surface area contributed by atoms with Crippen molar-refractivity contribution in [3.63, 3.8) is 0 Å². The minimum absolute atomic E-state index is 0.460. The van der Waals surface area contributed by atoms with Crippen LogP contribution in [0.25, 0.3) is 0 Å². The minimum atomic E-state index is 0.460. The third-order valence-corrected chi connectivity index (χ3v) is 1.10. The molecule has 0 unspecified atom stereocenters. The van der Waals surface area contributed by atoms with Crippen molar-refractivity contribution >= 4 is 6.29 Å². The monoisotopic (exact) mass is 136 g/mol. The standard InChI is InChI=1S/C7H8N2O/c1-2-4-9-5-3-7(6-10)8-9/h2-3,5-6H,1,4H2. The lowest BCUT2D eigenvalue weighted by atomic mass is 10.5. The van der Waals surface area contributed by atoms with Crippen LogP contribution in [0.1, 0.15) is 10.5 Å². The maximum Gasteiger partial charge on any atom is 0.170 e. The topological polar surface area (TPSA) is 34.9 Å². The average Bonchev–Trinajstić information content (AvgIpc) is 2.37. The molecule has 0 aromatic carbocycles. The predicted molar refractivity (Wildman–Crippen MR) is 37.8 cm³/mol. The fourth-order valence-electron chi connectivity index (χ4n) is 0.674. The smallest absolute Gasteiger partial charge is 0.170 e. The Morgan fingerprint density at radius 3 is 3.10 bits per heavy atom. The summed E-state index contributed by atoms with van der Waals surface area (Å²) in [5.41, 5.74) is 0.460. The number of carbonyl (C=O) groups excluding carboxylic acids is 1. The highest BCUT2D eigenvalue weighted by Gasteiger charge is 1.92. The Labute approximate surface area is 59.0 Å². The van der Waals surface area contributed by atoms with E-state index in [1.54, 1.807) is 23.0 Å². The largest absolute Gasteiger partial charge is 0.296 e. The zero-order chi connectivity index (χ0) is 7.40. The Morgan fingerprint density at radius 1 is 1.80 bits per heavy atom. The third kappa shape index (κ3) is 1.31. The van der Waals surface area contributed by atoms with Gasteiger partial charge in [-0.15, -0.1) is 6.58 Å². The fourth-order valence-corrected chi connectivity index (χ4v) is 0.674. The van der Waals surface area contributed by atoms with Crippen LogP contribution < -0.4 is 0 Å². The molecule has 10 heavy (non-hydrogen) atoms. The summed E-state index contributed by atoms with van der Waals surface area (Å²) in [6, 6.07) is 1.66. The first-order valence-electron chi connectivity index (χ1n) is 2.96. The molecule has 1 aromatic heterocycles. The molecule has 0 radical (unpaired) electrons. The van der Waals surface area contributed by atoms with Gasteiger partial charge in [0.2, 0.25) is 0 Å². The van der Waals surface area contributed by atoms with Crippen molar-refractivity contribution in [2.24, 2.45) is 0 Å². The van der Waals surface area contributed by atoms with E-state index in [1.807, 2.05) is 0 Å². The molecule has 0 aliphatic carbocycles.